The predicted molar refractivity (Wildman–Crippen MR) is 96.3 cm³/mol. The summed E-state index contributed by atoms with van der Waals surface area (Å²) >= 11 is 6.17. The lowest BCUT2D eigenvalue weighted by Crippen LogP contribution is -2.34. The lowest BCUT2D eigenvalue weighted by Gasteiger charge is -2.26. The van der Waals surface area contributed by atoms with E-state index in [1.807, 2.05) is 0 Å². The molecule has 0 radical (unpaired) electrons. The molecule has 1 rings (SSSR count). The first-order valence-corrected chi connectivity index (χ1v) is 10.1. The molecule has 0 aromatic carbocycles. The molecule has 21 heavy (non-hydrogen) atoms. The van der Waals surface area contributed by atoms with Crippen molar-refractivity contribution in [1.29, 1.82) is 0 Å². The van der Waals surface area contributed by atoms with Gasteiger partial charge in [-0.15, -0.1) is 11.6 Å². The number of unbranched alkanes of at least 4 members (excludes halogenated alkanes) is 9. The van der Waals surface area contributed by atoms with Gasteiger partial charge in [-0.1, -0.05) is 77.6 Å². The van der Waals surface area contributed by atoms with E-state index in [0.29, 0.717) is 5.41 Å². The smallest absolute Gasteiger partial charge is 0.0292 e. The molecule has 0 aromatic heterocycles. The largest absolute Gasteiger partial charge is 0.316 e. The number of halogens is 1. The molecule has 0 bridgehead atoms. The topological polar surface area (TPSA) is 12.0 Å². The molecule has 0 aromatic rings. The Morgan fingerprint density at radius 1 is 0.810 bits per heavy atom. The van der Waals surface area contributed by atoms with Crippen LogP contribution in [0.5, 0.6) is 0 Å². The van der Waals surface area contributed by atoms with Gasteiger partial charge in [-0.3, -0.25) is 0 Å². The Kier molecular flexibility index (Phi) is 11.7. The highest BCUT2D eigenvalue weighted by molar-refractivity contribution is 6.18. The van der Waals surface area contributed by atoms with E-state index in [4.69, 9.17) is 11.6 Å². The van der Waals surface area contributed by atoms with Crippen molar-refractivity contribution in [2.75, 3.05) is 19.0 Å². The van der Waals surface area contributed by atoms with E-state index in [9.17, 15) is 0 Å². The van der Waals surface area contributed by atoms with Gasteiger partial charge in [0.25, 0.3) is 0 Å². The third-order valence-corrected chi connectivity index (χ3v) is 5.72. The molecule has 0 saturated heterocycles. The zero-order chi connectivity index (χ0) is 15.2. The molecule has 126 valence electrons. The Hall–Kier alpha value is 0.250. The standard InChI is InChI=1S/C19H38ClN/c1-2-3-4-5-6-7-8-9-10-13-16-21-18-19(17-20)14-11-12-15-19/h21H,2-18H2,1H3. The van der Waals surface area contributed by atoms with Gasteiger partial charge in [-0.05, 0) is 31.2 Å². The highest BCUT2D eigenvalue weighted by atomic mass is 35.5. The van der Waals surface area contributed by atoms with Crippen LogP contribution in [0.15, 0.2) is 0 Å². The third kappa shape index (κ3) is 9.08. The predicted octanol–water partition coefficient (Wildman–Crippen LogP) is 6.30. The minimum atomic E-state index is 0.431. The highest BCUT2D eigenvalue weighted by Gasteiger charge is 2.32. The van der Waals surface area contributed by atoms with Crippen molar-refractivity contribution in [3.05, 3.63) is 0 Å². The summed E-state index contributed by atoms with van der Waals surface area (Å²) in [7, 11) is 0. The number of hydrogen-bond donors (Lipinski definition) is 1. The first kappa shape index (κ1) is 19.3. The van der Waals surface area contributed by atoms with Crippen LogP contribution < -0.4 is 5.32 Å². The minimum absolute atomic E-state index is 0.431. The fraction of sp³-hybridized carbons (Fsp3) is 1.00. The summed E-state index contributed by atoms with van der Waals surface area (Å²) in [6.07, 6.45) is 19.6. The van der Waals surface area contributed by atoms with Crippen LogP contribution in [0.4, 0.5) is 0 Å². The van der Waals surface area contributed by atoms with Crippen molar-refractivity contribution in [2.24, 2.45) is 5.41 Å². The number of hydrogen-bond acceptors (Lipinski definition) is 1. The molecule has 1 aliphatic carbocycles. The van der Waals surface area contributed by atoms with Crippen LogP contribution in [0.25, 0.3) is 0 Å². The van der Waals surface area contributed by atoms with E-state index in [0.717, 1.165) is 12.4 Å². The zero-order valence-corrected chi connectivity index (χ0v) is 15.2. The van der Waals surface area contributed by atoms with Crippen molar-refractivity contribution in [2.45, 2.75) is 96.8 Å². The van der Waals surface area contributed by atoms with Gasteiger partial charge in [0.1, 0.15) is 0 Å². The van der Waals surface area contributed by atoms with Gasteiger partial charge in [-0.25, -0.2) is 0 Å². The van der Waals surface area contributed by atoms with Crippen molar-refractivity contribution in [3.8, 4) is 0 Å². The van der Waals surface area contributed by atoms with Gasteiger partial charge in [0, 0.05) is 12.4 Å². The minimum Gasteiger partial charge on any atom is -0.316 e. The summed E-state index contributed by atoms with van der Waals surface area (Å²) in [6.45, 7) is 4.62. The lowest BCUT2D eigenvalue weighted by molar-refractivity contribution is 0.320. The lowest BCUT2D eigenvalue weighted by atomic mass is 9.88. The monoisotopic (exact) mass is 315 g/mol. The molecule has 0 amide bonds. The van der Waals surface area contributed by atoms with Crippen LogP contribution in [0.1, 0.15) is 96.8 Å². The van der Waals surface area contributed by atoms with Gasteiger partial charge in [0.05, 0.1) is 0 Å². The summed E-state index contributed by atoms with van der Waals surface area (Å²) in [4.78, 5) is 0. The van der Waals surface area contributed by atoms with Crippen molar-refractivity contribution in [1.82, 2.24) is 5.32 Å². The summed E-state index contributed by atoms with van der Waals surface area (Å²) < 4.78 is 0. The first-order chi connectivity index (χ1) is 10.3. The summed E-state index contributed by atoms with van der Waals surface area (Å²) in [6, 6.07) is 0. The molecule has 0 unspecified atom stereocenters. The molecule has 0 spiro atoms. The Bertz CT molecular complexity index is 224. The fourth-order valence-corrected chi connectivity index (χ4v) is 3.94. The van der Waals surface area contributed by atoms with Crippen LogP contribution >= 0.6 is 11.6 Å². The molecule has 1 N–H and O–H groups in total. The third-order valence-electron chi connectivity index (χ3n) is 5.15. The van der Waals surface area contributed by atoms with Gasteiger partial charge < -0.3 is 5.32 Å². The normalized spacial score (nSPS) is 17.4. The zero-order valence-electron chi connectivity index (χ0n) is 14.4. The van der Waals surface area contributed by atoms with Crippen molar-refractivity contribution in [3.63, 3.8) is 0 Å². The maximum Gasteiger partial charge on any atom is 0.0292 e. The molecule has 1 fully saturated rings. The second-order valence-corrected chi connectivity index (χ2v) is 7.47. The second-order valence-electron chi connectivity index (χ2n) is 7.20. The van der Waals surface area contributed by atoms with Crippen molar-refractivity contribution >= 4 is 11.6 Å². The maximum absolute atomic E-state index is 6.17. The Morgan fingerprint density at radius 2 is 1.33 bits per heavy atom. The average molecular weight is 316 g/mol. The van der Waals surface area contributed by atoms with Crippen molar-refractivity contribution < 1.29 is 0 Å². The van der Waals surface area contributed by atoms with E-state index in [2.05, 4.69) is 12.2 Å². The molecule has 2 heteroatoms. The molecule has 1 nitrogen and oxygen atoms in total. The maximum atomic E-state index is 6.17. The highest BCUT2D eigenvalue weighted by Crippen LogP contribution is 2.38. The first-order valence-electron chi connectivity index (χ1n) is 9.60. The Morgan fingerprint density at radius 3 is 1.86 bits per heavy atom. The molecular weight excluding hydrogens is 278 g/mol. The van der Waals surface area contributed by atoms with Crippen LogP contribution in [-0.2, 0) is 0 Å². The van der Waals surface area contributed by atoms with E-state index in [-0.39, 0.29) is 0 Å². The summed E-state index contributed by atoms with van der Waals surface area (Å²) in [5, 5.41) is 3.66. The van der Waals surface area contributed by atoms with E-state index >= 15 is 0 Å². The van der Waals surface area contributed by atoms with Gasteiger partial charge in [0.15, 0.2) is 0 Å². The van der Waals surface area contributed by atoms with Crippen LogP contribution in [0.2, 0.25) is 0 Å². The van der Waals surface area contributed by atoms with Gasteiger partial charge >= 0.3 is 0 Å². The van der Waals surface area contributed by atoms with E-state index in [1.165, 1.54) is 96.4 Å². The molecule has 0 aliphatic heterocycles. The SMILES string of the molecule is CCCCCCCCCCCCNCC1(CCl)CCCC1. The van der Waals surface area contributed by atoms with Crippen LogP contribution in [0.3, 0.4) is 0 Å². The molecule has 0 heterocycles. The molecule has 1 aliphatic rings. The average Bonchev–Trinajstić information content (AvgIpc) is 2.98. The Labute approximate surface area is 138 Å². The summed E-state index contributed by atoms with van der Waals surface area (Å²) in [5.74, 6) is 0.845. The molecule has 1 saturated carbocycles. The summed E-state index contributed by atoms with van der Waals surface area (Å²) in [5.41, 5.74) is 0.431. The van der Waals surface area contributed by atoms with Gasteiger partial charge in [-0.2, -0.15) is 0 Å². The molecule has 0 atom stereocenters. The second kappa shape index (κ2) is 12.8. The number of nitrogens with one attached hydrogen (secondary N) is 1. The van der Waals surface area contributed by atoms with Crippen LogP contribution in [-0.4, -0.2) is 19.0 Å². The van der Waals surface area contributed by atoms with Crippen LogP contribution in [0, 0.1) is 5.41 Å². The van der Waals surface area contributed by atoms with E-state index < -0.39 is 0 Å². The fourth-order valence-electron chi connectivity index (χ4n) is 3.57. The van der Waals surface area contributed by atoms with E-state index in [1.54, 1.807) is 0 Å². The quantitative estimate of drug-likeness (QED) is 0.293. The number of alkyl halides is 1. The number of rotatable bonds is 14. The molecular formula is C19H38ClN. The Balaban J connectivity index is 1.80. The van der Waals surface area contributed by atoms with Gasteiger partial charge in [0.2, 0.25) is 0 Å².